The van der Waals surface area contributed by atoms with E-state index in [1.165, 1.54) is 0 Å². The summed E-state index contributed by atoms with van der Waals surface area (Å²) in [7, 11) is -17.6. The van der Waals surface area contributed by atoms with Crippen LogP contribution in [-0.4, -0.2) is 91.2 Å². The van der Waals surface area contributed by atoms with Crippen molar-refractivity contribution in [2.24, 2.45) is 0 Å². The van der Waals surface area contributed by atoms with E-state index < -0.39 is 99.0 Å². The second-order valence-electron chi connectivity index (χ2n) is 27.6. The summed E-state index contributed by atoms with van der Waals surface area (Å²) in [5.74, 6) is -2.36. The number of carbonyl (C=O) groups is 1. The van der Waals surface area contributed by atoms with Gasteiger partial charge in [-0.25, -0.2) is 9.13 Å². The molecule has 18 heteroatoms. The van der Waals surface area contributed by atoms with Crippen molar-refractivity contribution in [2.75, 3.05) is 26.4 Å². The molecule has 0 unspecified atom stereocenters. The van der Waals surface area contributed by atoms with Gasteiger partial charge in [0.1, 0.15) is 30.5 Å². The maximum Gasteiger partial charge on any atom is 0.475 e. The molecule has 1 heterocycles. The van der Waals surface area contributed by atoms with Gasteiger partial charge >= 0.3 is 38.7 Å². The van der Waals surface area contributed by atoms with Gasteiger partial charge in [0.15, 0.2) is 6.10 Å². The van der Waals surface area contributed by atoms with Crippen molar-refractivity contribution in [1.29, 1.82) is 0 Å². The minimum Gasteiger partial charge on any atom is -0.457 e. The Morgan fingerprint density at radius 3 is 0.885 bits per heavy atom. The summed E-state index contributed by atoms with van der Waals surface area (Å²) in [6, 6.07) is 64.7. The highest BCUT2D eigenvalue weighted by molar-refractivity contribution is 7.48. The number of hydrogen-bond donors (Lipinski definition) is 1. The first-order valence-corrected chi connectivity index (χ1v) is 41.0. The molecule has 500 valence electrons. The van der Waals surface area contributed by atoms with Gasteiger partial charge in [-0.1, -0.05) is 256 Å². The molecule has 6 atom stereocenters. The van der Waals surface area contributed by atoms with E-state index in [-0.39, 0.29) is 55.0 Å². The molecule has 8 aromatic carbocycles. The number of benzene rings is 8. The van der Waals surface area contributed by atoms with Gasteiger partial charge in [-0.2, -0.15) is 0 Å². The number of carbonyl (C=O) groups excluding carboxylic acids is 1. The van der Waals surface area contributed by atoms with Crippen LogP contribution in [0.3, 0.4) is 0 Å². The molecule has 1 saturated carbocycles. The molecule has 0 radical (unpaired) electrons. The highest BCUT2D eigenvalue weighted by Gasteiger charge is 2.68. The largest absolute Gasteiger partial charge is 0.475 e. The second-order valence-corrected chi connectivity index (χ2v) is 39.7. The predicted octanol–water partition coefficient (Wildman–Crippen LogP) is 18.7. The molecule has 1 aliphatic heterocycles. The van der Waals surface area contributed by atoms with Crippen LogP contribution >= 0.6 is 15.6 Å². The van der Waals surface area contributed by atoms with Gasteiger partial charge in [-0.3, -0.25) is 31.9 Å². The first-order valence-electron chi connectivity index (χ1n) is 34.2. The molecule has 1 N–H and O–H groups in total. The fourth-order valence-corrected chi connectivity index (χ4v) is 30.3. The summed E-state index contributed by atoms with van der Waals surface area (Å²) >= 11 is 0. The molecule has 1 saturated heterocycles. The third-order valence-electron chi connectivity index (χ3n) is 20.8. The molecule has 6 aliphatic rings. The van der Waals surface area contributed by atoms with E-state index in [1.54, 1.807) is 0 Å². The Bertz CT molecular complexity index is 3890. The molecule has 8 aromatic rings. The number of esters is 1. The van der Waals surface area contributed by atoms with Crippen LogP contribution in [0.4, 0.5) is 0 Å². The van der Waals surface area contributed by atoms with Gasteiger partial charge in [0.2, 0.25) is 0 Å². The lowest BCUT2D eigenvalue weighted by atomic mass is 9.85. The first kappa shape index (κ1) is 66.9. The Morgan fingerprint density at radius 1 is 0.396 bits per heavy atom. The summed E-state index contributed by atoms with van der Waals surface area (Å²) in [6.07, 6.45) is -9.61. The average Bonchev–Trinajstić information content (AvgIpc) is 1.44. The van der Waals surface area contributed by atoms with Crippen LogP contribution in [-0.2, 0) is 58.8 Å². The molecule has 0 aromatic heterocycles. The van der Waals surface area contributed by atoms with Crippen molar-refractivity contribution in [1.82, 2.24) is 0 Å². The monoisotopic (exact) mass is 1360 g/mol. The van der Waals surface area contributed by atoms with Gasteiger partial charge in [0.25, 0.3) is 0 Å². The molecule has 14 nitrogen and oxygen atoms in total. The van der Waals surface area contributed by atoms with Crippen molar-refractivity contribution in [3.05, 3.63) is 239 Å². The maximum absolute atomic E-state index is 17.3. The van der Waals surface area contributed by atoms with E-state index in [1.807, 2.05) is 128 Å². The summed E-state index contributed by atoms with van der Waals surface area (Å²) < 4.78 is 107. The summed E-state index contributed by atoms with van der Waals surface area (Å²) in [4.78, 5) is 14.5. The number of hydrogen-bond acceptors (Lipinski definition) is 14. The number of aliphatic hydroxyl groups is 1. The third-order valence-corrected chi connectivity index (χ3v) is 34.0. The van der Waals surface area contributed by atoms with Crippen LogP contribution in [0.1, 0.15) is 143 Å². The van der Waals surface area contributed by atoms with Crippen molar-refractivity contribution in [3.8, 4) is 44.5 Å². The molecular formula is C78H86O14P2Si2. The Labute approximate surface area is 566 Å². The molecule has 2 fully saturated rings. The Hall–Kier alpha value is -6.28. The molecular weight excluding hydrogens is 1280 g/mol. The van der Waals surface area contributed by atoms with Crippen LogP contribution in [0.5, 0.6) is 0 Å². The molecule has 14 rings (SSSR count). The summed E-state index contributed by atoms with van der Waals surface area (Å²) in [6.45, 7) is 17.7. The fourth-order valence-electron chi connectivity index (χ4n) is 16.2. The standard InChI is InChI=1S/C78H86O14P2Si2/c1-10-27-72(79)87-74-73(80)75(88-93(81,83-44-68-60-36-19-11-28-52(60)53-29-12-20-37-61(53)68)84-45-69-62-38-21-13-30-54(62)55-31-14-22-39-63(55)69)76(78-77(74)90-95(48(2)3,49(4)5)92-96(91-78,50(6)7)51(8)9)89-94(82,85-46-70-64-40-23-15-32-56(64)57-33-16-24-41-65(57)70)86-47-71-66-42-25-17-34-58(66)59-35-18-26-43-67(59)71/h11-26,28-43,48-51,68-71,73-78,80H,10,27,44-47H2,1-9H3/t73-,74+,75+,76-,77+,78+/m0/s1. The maximum atomic E-state index is 17.3. The number of rotatable bonds is 23. The highest BCUT2D eigenvalue weighted by atomic mass is 31.2. The van der Waals surface area contributed by atoms with Crippen molar-refractivity contribution < 1.29 is 63.9 Å². The van der Waals surface area contributed by atoms with Crippen LogP contribution in [0, 0.1) is 0 Å². The zero-order chi connectivity index (χ0) is 66.8. The highest BCUT2D eigenvalue weighted by Crippen LogP contribution is 2.63. The number of phosphoric acid groups is 2. The summed E-state index contributed by atoms with van der Waals surface area (Å²) in [5, 5.41) is 13.9. The zero-order valence-electron chi connectivity index (χ0n) is 55.9. The minimum absolute atomic E-state index is 0.00581. The van der Waals surface area contributed by atoms with Gasteiger partial charge in [0.05, 0.1) is 26.4 Å². The first-order chi connectivity index (χ1) is 46.4. The Kier molecular flexibility index (Phi) is 18.9. The van der Waals surface area contributed by atoms with Crippen LogP contribution in [0.2, 0.25) is 22.2 Å². The van der Waals surface area contributed by atoms with Crippen molar-refractivity contribution in [2.45, 2.75) is 158 Å². The lowest BCUT2D eigenvalue weighted by Crippen LogP contribution is -2.68. The smallest absolute Gasteiger partial charge is 0.457 e. The summed E-state index contributed by atoms with van der Waals surface area (Å²) in [5.41, 5.74) is 14.9. The van der Waals surface area contributed by atoms with Crippen molar-refractivity contribution >= 4 is 38.7 Å². The Balaban J connectivity index is 0.938. The van der Waals surface area contributed by atoms with Gasteiger partial charge in [0, 0.05) is 30.1 Å². The lowest BCUT2D eigenvalue weighted by molar-refractivity contribution is -0.221. The number of aliphatic hydroxyl groups excluding tert-OH is 1. The van der Waals surface area contributed by atoms with Gasteiger partial charge in [-0.05, 0) is 118 Å². The average molecular weight is 1370 g/mol. The molecule has 0 bridgehead atoms. The van der Waals surface area contributed by atoms with E-state index in [9.17, 15) is 9.90 Å². The van der Waals surface area contributed by atoms with Crippen LogP contribution in [0.15, 0.2) is 194 Å². The number of ether oxygens (including phenoxy) is 1. The second kappa shape index (κ2) is 27.1. The molecule has 96 heavy (non-hydrogen) atoms. The minimum atomic E-state index is -5.11. The predicted molar refractivity (Wildman–Crippen MR) is 377 cm³/mol. The van der Waals surface area contributed by atoms with Crippen LogP contribution < -0.4 is 0 Å². The van der Waals surface area contributed by atoms with Gasteiger partial charge < -0.3 is 22.8 Å². The van der Waals surface area contributed by atoms with Gasteiger partial charge in [-0.15, -0.1) is 0 Å². The van der Waals surface area contributed by atoms with Crippen LogP contribution in [0.25, 0.3) is 44.5 Å². The zero-order valence-corrected chi connectivity index (χ0v) is 59.7. The number of fused-ring (bicyclic) bond motifs is 13. The molecule has 0 spiro atoms. The van der Waals surface area contributed by atoms with Crippen molar-refractivity contribution in [3.63, 3.8) is 0 Å². The fraction of sp³-hybridized carbons (Fsp3) is 0.372. The lowest BCUT2D eigenvalue weighted by Gasteiger charge is -2.50. The number of phosphoric ester groups is 2. The van der Waals surface area contributed by atoms with E-state index in [4.69, 9.17) is 44.8 Å². The van der Waals surface area contributed by atoms with E-state index in [0.717, 1.165) is 89.0 Å². The topological polar surface area (TPSA) is 164 Å². The Morgan fingerprint density at radius 2 is 0.635 bits per heavy atom. The quantitative estimate of drug-likeness (QED) is 0.0365. The SMILES string of the molecule is CCCC(=O)O[C@@H]1[C@H](O)[C@@H](OP(=O)(OCC2c3ccccc3-c3ccccc32)OCC2c3ccccc3-c3ccccc32)[C@H](OP(=O)(OCC2c3ccccc3-c3ccccc32)OCC2c3ccccc3-c3ccccc32)[C@H]2O[Si](C(C)C)(C(C)C)O[Si](C(C)C)(C(C)C)O[C@@H]21. The molecule has 5 aliphatic carbocycles. The normalized spacial score (nSPS) is 21.7. The van der Waals surface area contributed by atoms with E-state index >= 15 is 9.13 Å². The third kappa shape index (κ3) is 12.0. The molecule has 0 amide bonds. The van der Waals surface area contributed by atoms with E-state index in [2.05, 4.69) is 128 Å². The van der Waals surface area contributed by atoms with E-state index in [0.29, 0.717) is 6.42 Å².